The van der Waals surface area contributed by atoms with Crippen LogP contribution >= 0.6 is 0 Å². The number of alkyl halides is 3. The van der Waals surface area contributed by atoms with Crippen LogP contribution in [0.25, 0.3) is 0 Å². The van der Waals surface area contributed by atoms with Gasteiger partial charge in [0.05, 0.1) is 5.92 Å². The Morgan fingerprint density at radius 3 is 2.53 bits per heavy atom. The highest BCUT2D eigenvalue weighted by atomic mass is 19.4. The van der Waals surface area contributed by atoms with E-state index in [4.69, 9.17) is 0 Å². The van der Waals surface area contributed by atoms with Gasteiger partial charge in [0.15, 0.2) is 0 Å². The molecular weight excluding hydrogens is 231 g/mol. The first-order valence-electron chi connectivity index (χ1n) is 6.15. The summed E-state index contributed by atoms with van der Waals surface area (Å²) in [5.41, 5.74) is 0. The van der Waals surface area contributed by atoms with Crippen molar-refractivity contribution < 1.29 is 18.0 Å². The Bertz CT molecular complexity index is 263. The van der Waals surface area contributed by atoms with Crippen LogP contribution < -0.4 is 5.32 Å². The van der Waals surface area contributed by atoms with Crippen LogP contribution in [0.2, 0.25) is 0 Å². The van der Waals surface area contributed by atoms with Gasteiger partial charge in [0.1, 0.15) is 0 Å². The maximum Gasteiger partial charge on any atom is 0.391 e. The minimum Gasteiger partial charge on any atom is -0.353 e. The second-order valence-corrected chi connectivity index (χ2v) is 5.27. The fraction of sp³-hybridized carbons (Fsp3) is 0.917. The minimum atomic E-state index is -4.12. The van der Waals surface area contributed by atoms with Gasteiger partial charge in [-0.2, -0.15) is 13.2 Å². The van der Waals surface area contributed by atoms with Gasteiger partial charge >= 0.3 is 6.18 Å². The summed E-state index contributed by atoms with van der Waals surface area (Å²) < 4.78 is 37.6. The number of halogens is 3. The highest BCUT2D eigenvalue weighted by molar-refractivity contribution is 5.76. The Hall–Kier alpha value is -0.740. The third kappa shape index (κ3) is 4.96. The predicted molar refractivity (Wildman–Crippen MR) is 59.4 cm³/mol. The fourth-order valence-electron chi connectivity index (χ4n) is 2.28. The van der Waals surface area contributed by atoms with Gasteiger partial charge in [0.2, 0.25) is 5.91 Å². The van der Waals surface area contributed by atoms with Gasteiger partial charge < -0.3 is 5.32 Å². The third-order valence-electron chi connectivity index (χ3n) is 3.10. The molecule has 0 unspecified atom stereocenters. The van der Waals surface area contributed by atoms with Crippen LogP contribution in [0.15, 0.2) is 0 Å². The highest BCUT2D eigenvalue weighted by Gasteiger charge is 2.42. The van der Waals surface area contributed by atoms with Crippen LogP contribution in [0.3, 0.4) is 0 Å². The lowest BCUT2D eigenvalue weighted by molar-refractivity contribution is -0.184. The average molecular weight is 251 g/mol. The lowest BCUT2D eigenvalue weighted by atomic mass is 9.85. The Balaban J connectivity index is 2.42. The first-order chi connectivity index (χ1) is 7.79. The zero-order valence-corrected chi connectivity index (χ0v) is 10.3. The standard InChI is InChI=1S/C12H20F3NO/c1-8(2)6-11(17)16-10-5-3-4-9(7-10)12(13,14)15/h8-10H,3-7H2,1-2H3,(H,16,17)/t9-,10-/m1/s1. The summed E-state index contributed by atoms with van der Waals surface area (Å²) in [7, 11) is 0. The molecule has 1 amide bonds. The van der Waals surface area contributed by atoms with Crippen LogP contribution in [0.1, 0.15) is 46.0 Å². The molecule has 0 heterocycles. The molecule has 0 saturated heterocycles. The molecule has 0 spiro atoms. The van der Waals surface area contributed by atoms with Gasteiger partial charge in [-0.05, 0) is 25.2 Å². The van der Waals surface area contributed by atoms with E-state index >= 15 is 0 Å². The molecule has 5 heteroatoms. The molecule has 1 fully saturated rings. The molecule has 0 aromatic carbocycles. The second kappa shape index (κ2) is 5.74. The normalized spacial score (nSPS) is 26.0. The summed E-state index contributed by atoms with van der Waals surface area (Å²) in [6, 6.07) is -0.304. The number of carbonyl (C=O) groups excluding carboxylic acids is 1. The topological polar surface area (TPSA) is 29.1 Å². The molecule has 2 nitrogen and oxygen atoms in total. The molecule has 1 aliphatic rings. The summed E-state index contributed by atoms with van der Waals surface area (Å²) in [5.74, 6) is -1.15. The molecule has 0 bridgehead atoms. The molecule has 1 aliphatic carbocycles. The number of nitrogens with one attached hydrogen (secondary N) is 1. The fourth-order valence-corrected chi connectivity index (χ4v) is 2.28. The number of amides is 1. The predicted octanol–water partition coefficient (Wildman–Crippen LogP) is 3.27. The smallest absolute Gasteiger partial charge is 0.353 e. The van der Waals surface area contributed by atoms with Crippen LogP contribution in [0.5, 0.6) is 0 Å². The summed E-state index contributed by atoms with van der Waals surface area (Å²) in [5, 5.41) is 2.71. The molecule has 1 N–H and O–H groups in total. The molecule has 17 heavy (non-hydrogen) atoms. The largest absolute Gasteiger partial charge is 0.391 e. The lowest BCUT2D eigenvalue weighted by Gasteiger charge is -2.31. The Morgan fingerprint density at radius 1 is 1.35 bits per heavy atom. The maximum atomic E-state index is 12.5. The molecule has 0 radical (unpaired) electrons. The molecule has 1 rings (SSSR count). The van der Waals surface area contributed by atoms with E-state index in [1.165, 1.54) is 0 Å². The van der Waals surface area contributed by atoms with Gasteiger partial charge in [0, 0.05) is 12.5 Å². The number of hydrogen-bond donors (Lipinski definition) is 1. The van der Waals surface area contributed by atoms with Crippen molar-refractivity contribution in [1.82, 2.24) is 5.32 Å². The summed E-state index contributed by atoms with van der Waals surface area (Å²) in [6.07, 6.45) is -2.31. The molecule has 0 aromatic heterocycles. The maximum absolute atomic E-state index is 12.5. The lowest BCUT2D eigenvalue weighted by Crippen LogP contribution is -2.41. The van der Waals surface area contributed by atoms with Crippen molar-refractivity contribution in [3.05, 3.63) is 0 Å². The van der Waals surface area contributed by atoms with E-state index in [2.05, 4.69) is 5.32 Å². The molecule has 0 aliphatic heterocycles. The van der Waals surface area contributed by atoms with Gasteiger partial charge in [-0.15, -0.1) is 0 Å². The van der Waals surface area contributed by atoms with Crippen molar-refractivity contribution in [2.45, 2.75) is 58.2 Å². The van der Waals surface area contributed by atoms with E-state index in [1.54, 1.807) is 0 Å². The monoisotopic (exact) mass is 251 g/mol. The third-order valence-corrected chi connectivity index (χ3v) is 3.10. The van der Waals surface area contributed by atoms with Crippen molar-refractivity contribution >= 4 is 5.91 Å². The molecule has 0 aromatic rings. The number of rotatable bonds is 3. The van der Waals surface area contributed by atoms with E-state index in [0.717, 1.165) is 0 Å². The minimum absolute atomic E-state index is 0.0351. The molecule has 1 saturated carbocycles. The highest BCUT2D eigenvalue weighted by Crippen LogP contribution is 2.37. The molecule has 100 valence electrons. The van der Waals surface area contributed by atoms with Crippen molar-refractivity contribution in [2.24, 2.45) is 11.8 Å². The first-order valence-corrected chi connectivity index (χ1v) is 6.15. The van der Waals surface area contributed by atoms with Gasteiger partial charge in [-0.1, -0.05) is 20.3 Å². The van der Waals surface area contributed by atoms with E-state index in [1.807, 2.05) is 13.8 Å². The van der Waals surface area contributed by atoms with Gasteiger partial charge in [-0.25, -0.2) is 0 Å². The van der Waals surface area contributed by atoms with E-state index in [-0.39, 0.29) is 30.7 Å². The zero-order chi connectivity index (χ0) is 13.1. The summed E-state index contributed by atoms with van der Waals surface area (Å²) in [6.45, 7) is 3.83. The quantitative estimate of drug-likeness (QED) is 0.819. The molecule has 2 atom stereocenters. The zero-order valence-electron chi connectivity index (χ0n) is 10.3. The number of carbonyl (C=O) groups is 1. The van der Waals surface area contributed by atoms with E-state index in [9.17, 15) is 18.0 Å². The Kier molecular flexibility index (Phi) is 4.83. The van der Waals surface area contributed by atoms with Crippen molar-refractivity contribution in [2.75, 3.05) is 0 Å². The van der Waals surface area contributed by atoms with Crippen LogP contribution in [0, 0.1) is 11.8 Å². The van der Waals surface area contributed by atoms with Crippen LogP contribution in [-0.2, 0) is 4.79 Å². The molecular formula is C12H20F3NO. The van der Waals surface area contributed by atoms with Crippen LogP contribution in [0.4, 0.5) is 13.2 Å². The van der Waals surface area contributed by atoms with E-state index in [0.29, 0.717) is 19.3 Å². The number of hydrogen-bond acceptors (Lipinski definition) is 1. The summed E-state index contributed by atoms with van der Waals surface area (Å²) >= 11 is 0. The van der Waals surface area contributed by atoms with Crippen LogP contribution in [-0.4, -0.2) is 18.1 Å². The second-order valence-electron chi connectivity index (χ2n) is 5.27. The van der Waals surface area contributed by atoms with E-state index < -0.39 is 12.1 Å². The SMILES string of the molecule is CC(C)CC(=O)N[C@@H]1CCC[C@@H](C(F)(F)F)C1. The van der Waals surface area contributed by atoms with Crippen molar-refractivity contribution in [3.63, 3.8) is 0 Å². The first kappa shape index (κ1) is 14.3. The Labute approximate surface area is 100.0 Å². The van der Waals surface area contributed by atoms with Crippen molar-refractivity contribution in [3.8, 4) is 0 Å². The Morgan fingerprint density at radius 2 is 2.00 bits per heavy atom. The van der Waals surface area contributed by atoms with Gasteiger partial charge in [-0.3, -0.25) is 4.79 Å². The summed E-state index contributed by atoms with van der Waals surface area (Å²) in [4.78, 5) is 11.5. The van der Waals surface area contributed by atoms with Crippen molar-refractivity contribution in [1.29, 1.82) is 0 Å². The average Bonchev–Trinajstić information content (AvgIpc) is 2.15. The van der Waals surface area contributed by atoms with Gasteiger partial charge in [0.25, 0.3) is 0 Å².